The van der Waals surface area contributed by atoms with Crippen LogP contribution in [0.4, 0.5) is 13.2 Å². The van der Waals surface area contributed by atoms with Crippen LogP contribution >= 0.6 is 35.2 Å². The van der Waals surface area contributed by atoms with Crippen molar-refractivity contribution in [3.05, 3.63) is 26.8 Å². The SMILES string of the molecule is N#Cc1cc(I)c(S)cc1C(F)(F)F. The molecule has 0 atom stereocenters. The quantitative estimate of drug-likeness (QED) is 0.572. The predicted molar refractivity (Wildman–Crippen MR) is 56.1 cm³/mol. The molecule has 0 bridgehead atoms. The number of alkyl halides is 3. The molecule has 0 saturated heterocycles. The first-order valence-electron chi connectivity index (χ1n) is 3.36. The lowest BCUT2D eigenvalue weighted by Gasteiger charge is -2.09. The van der Waals surface area contributed by atoms with Gasteiger partial charge in [0.15, 0.2) is 0 Å². The van der Waals surface area contributed by atoms with Gasteiger partial charge in [-0.3, -0.25) is 0 Å². The minimum absolute atomic E-state index is 0.219. The van der Waals surface area contributed by atoms with E-state index in [1.807, 2.05) is 22.6 Å². The number of nitrogens with zero attached hydrogens (tertiary/aromatic N) is 1. The van der Waals surface area contributed by atoms with Crippen molar-refractivity contribution in [1.29, 1.82) is 5.26 Å². The molecule has 0 heterocycles. The highest BCUT2D eigenvalue weighted by molar-refractivity contribution is 14.1. The third-order valence-electron chi connectivity index (χ3n) is 1.51. The topological polar surface area (TPSA) is 23.8 Å². The lowest BCUT2D eigenvalue weighted by Crippen LogP contribution is -2.08. The summed E-state index contributed by atoms with van der Waals surface area (Å²) in [6, 6.07) is 3.55. The third kappa shape index (κ3) is 2.33. The van der Waals surface area contributed by atoms with Crippen molar-refractivity contribution in [1.82, 2.24) is 0 Å². The summed E-state index contributed by atoms with van der Waals surface area (Å²) in [5.41, 5.74) is -1.31. The van der Waals surface area contributed by atoms with Gasteiger partial charge in [-0.05, 0) is 34.7 Å². The highest BCUT2D eigenvalue weighted by atomic mass is 127. The zero-order valence-electron chi connectivity index (χ0n) is 6.56. The van der Waals surface area contributed by atoms with Crippen molar-refractivity contribution in [2.75, 3.05) is 0 Å². The Kier molecular flexibility index (Phi) is 3.32. The van der Waals surface area contributed by atoms with Crippen LogP contribution in [0, 0.1) is 14.9 Å². The summed E-state index contributed by atoms with van der Waals surface area (Å²) in [6.45, 7) is 0. The molecule has 0 saturated carbocycles. The molecule has 0 radical (unpaired) electrons. The first-order valence-corrected chi connectivity index (χ1v) is 4.88. The zero-order chi connectivity index (χ0) is 10.9. The molecule has 0 N–H and O–H groups in total. The normalized spacial score (nSPS) is 11.1. The molecule has 0 aliphatic rings. The molecule has 0 amide bonds. The van der Waals surface area contributed by atoms with E-state index >= 15 is 0 Å². The zero-order valence-corrected chi connectivity index (χ0v) is 9.61. The molecule has 0 aromatic heterocycles. The second-order valence-corrected chi connectivity index (χ2v) is 4.10. The maximum atomic E-state index is 12.4. The fraction of sp³-hybridized carbons (Fsp3) is 0.125. The highest BCUT2D eigenvalue weighted by Crippen LogP contribution is 2.34. The molecule has 0 aliphatic heterocycles. The van der Waals surface area contributed by atoms with Crippen LogP contribution in [-0.2, 0) is 6.18 Å². The van der Waals surface area contributed by atoms with E-state index < -0.39 is 11.7 Å². The summed E-state index contributed by atoms with van der Waals surface area (Å²) < 4.78 is 37.6. The molecule has 1 rings (SSSR count). The molecule has 1 aromatic carbocycles. The Morgan fingerprint density at radius 1 is 1.36 bits per heavy atom. The summed E-state index contributed by atoms with van der Waals surface area (Å²) in [5.74, 6) is 0. The third-order valence-corrected chi connectivity index (χ3v) is 3.20. The number of hydrogen-bond donors (Lipinski definition) is 1. The van der Waals surface area contributed by atoms with Crippen LogP contribution in [0.5, 0.6) is 0 Å². The summed E-state index contributed by atoms with van der Waals surface area (Å²) >= 11 is 5.69. The number of nitriles is 1. The Balaban J connectivity index is 3.45. The fourth-order valence-electron chi connectivity index (χ4n) is 0.889. The molecule has 74 valence electrons. The summed E-state index contributed by atoms with van der Waals surface area (Å²) in [4.78, 5) is 0.219. The molecule has 1 aromatic rings. The first-order chi connectivity index (χ1) is 6.36. The van der Waals surface area contributed by atoms with Crippen molar-refractivity contribution in [3.8, 4) is 6.07 Å². The van der Waals surface area contributed by atoms with Crippen LogP contribution in [0.1, 0.15) is 11.1 Å². The molecule has 0 fully saturated rings. The molecule has 6 heteroatoms. The van der Waals surface area contributed by atoms with Gasteiger partial charge in [0.05, 0.1) is 17.2 Å². The van der Waals surface area contributed by atoms with E-state index in [-0.39, 0.29) is 10.5 Å². The van der Waals surface area contributed by atoms with Gasteiger partial charge >= 0.3 is 6.18 Å². The summed E-state index contributed by atoms with van der Waals surface area (Å²) in [5, 5.41) is 8.52. The average Bonchev–Trinajstić information content (AvgIpc) is 2.07. The Hall–Kier alpha value is -0.420. The van der Waals surface area contributed by atoms with Crippen LogP contribution in [-0.4, -0.2) is 0 Å². The monoisotopic (exact) mass is 329 g/mol. The summed E-state index contributed by atoms with van der Waals surface area (Å²) in [6.07, 6.45) is -4.51. The molecular formula is C8H3F3INS. The Morgan fingerprint density at radius 2 is 1.93 bits per heavy atom. The largest absolute Gasteiger partial charge is 0.417 e. The minimum Gasteiger partial charge on any atom is -0.192 e. The molecular weight excluding hydrogens is 326 g/mol. The van der Waals surface area contributed by atoms with Gasteiger partial charge in [-0.2, -0.15) is 18.4 Å². The van der Waals surface area contributed by atoms with Gasteiger partial charge in [0.25, 0.3) is 0 Å². The van der Waals surface area contributed by atoms with Crippen LogP contribution < -0.4 is 0 Å². The predicted octanol–water partition coefficient (Wildman–Crippen LogP) is 3.47. The lowest BCUT2D eigenvalue weighted by atomic mass is 10.1. The van der Waals surface area contributed by atoms with Crippen molar-refractivity contribution in [3.63, 3.8) is 0 Å². The smallest absolute Gasteiger partial charge is 0.192 e. The molecule has 0 spiro atoms. The van der Waals surface area contributed by atoms with E-state index in [1.54, 1.807) is 0 Å². The van der Waals surface area contributed by atoms with E-state index in [4.69, 9.17) is 5.26 Å². The molecule has 14 heavy (non-hydrogen) atoms. The van der Waals surface area contributed by atoms with Gasteiger partial charge in [0.1, 0.15) is 0 Å². The fourth-order valence-corrected chi connectivity index (χ4v) is 1.55. The molecule has 0 unspecified atom stereocenters. The average molecular weight is 329 g/mol. The van der Waals surface area contributed by atoms with Gasteiger partial charge in [-0.25, -0.2) is 0 Å². The minimum atomic E-state index is -4.51. The van der Waals surface area contributed by atoms with E-state index in [1.165, 1.54) is 12.1 Å². The van der Waals surface area contributed by atoms with Gasteiger partial charge in [0.2, 0.25) is 0 Å². The number of benzene rings is 1. The van der Waals surface area contributed by atoms with Crippen molar-refractivity contribution >= 4 is 35.2 Å². The standard InChI is InChI=1S/C8H3F3INS/c9-8(10,11)5-2-7(14)6(12)1-4(5)3-13/h1-2,14H. The summed E-state index contributed by atoms with van der Waals surface area (Å²) in [7, 11) is 0. The van der Waals surface area contributed by atoms with Gasteiger partial charge in [-0.15, -0.1) is 12.6 Å². The number of hydrogen-bond acceptors (Lipinski definition) is 2. The number of rotatable bonds is 0. The molecule has 1 nitrogen and oxygen atoms in total. The van der Waals surface area contributed by atoms with Crippen LogP contribution in [0.25, 0.3) is 0 Å². The maximum absolute atomic E-state index is 12.4. The van der Waals surface area contributed by atoms with E-state index in [0.29, 0.717) is 3.57 Å². The second-order valence-electron chi connectivity index (χ2n) is 2.46. The Morgan fingerprint density at radius 3 is 2.36 bits per heavy atom. The van der Waals surface area contributed by atoms with Crippen molar-refractivity contribution in [2.24, 2.45) is 0 Å². The van der Waals surface area contributed by atoms with Gasteiger partial charge in [0, 0.05) is 8.47 Å². The first kappa shape index (κ1) is 11.7. The van der Waals surface area contributed by atoms with Crippen LogP contribution in [0.15, 0.2) is 17.0 Å². The molecule has 0 aliphatic carbocycles. The number of halogens is 4. The van der Waals surface area contributed by atoms with E-state index in [9.17, 15) is 13.2 Å². The Labute approximate surface area is 97.5 Å². The van der Waals surface area contributed by atoms with Gasteiger partial charge < -0.3 is 0 Å². The van der Waals surface area contributed by atoms with Crippen molar-refractivity contribution in [2.45, 2.75) is 11.1 Å². The van der Waals surface area contributed by atoms with Crippen LogP contribution in [0.3, 0.4) is 0 Å². The maximum Gasteiger partial charge on any atom is 0.417 e. The number of thiol groups is 1. The van der Waals surface area contributed by atoms with Crippen molar-refractivity contribution < 1.29 is 13.2 Å². The highest BCUT2D eigenvalue weighted by Gasteiger charge is 2.34. The Bertz CT molecular complexity index is 408. The lowest BCUT2D eigenvalue weighted by molar-refractivity contribution is -0.137. The van der Waals surface area contributed by atoms with Crippen LogP contribution in [0.2, 0.25) is 0 Å². The second kappa shape index (κ2) is 3.98. The van der Waals surface area contributed by atoms with E-state index in [0.717, 1.165) is 6.07 Å². The van der Waals surface area contributed by atoms with Gasteiger partial charge in [-0.1, -0.05) is 0 Å². The van der Waals surface area contributed by atoms with E-state index in [2.05, 4.69) is 12.6 Å².